The molecule has 224 valence electrons. The topological polar surface area (TPSA) is 117 Å². The van der Waals surface area contributed by atoms with E-state index in [1.807, 2.05) is 69.3 Å². The highest BCUT2D eigenvalue weighted by Gasteiger charge is 2.75. The Hall–Kier alpha value is -4.21. The fraction of sp³-hybridized carbons (Fsp3) is 0.382. The number of ether oxygens (including phenoxy) is 2. The number of fused-ring (bicyclic) bond motifs is 1. The molecule has 3 aromatic rings. The molecule has 0 radical (unpaired) electrons. The molecule has 9 heteroatoms. The summed E-state index contributed by atoms with van der Waals surface area (Å²) < 4.78 is 12.1. The normalized spacial score (nSPS) is 26.2. The second-order valence-corrected chi connectivity index (χ2v) is 11.7. The van der Waals surface area contributed by atoms with E-state index in [1.54, 1.807) is 24.3 Å². The Kier molecular flexibility index (Phi) is 7.70. The van der Waals surface area contributed by atoms with Gasteiger partial charge < -0.3 is 30.1 Å². The van der Waals surface area contributed by atoms with Gasteiger partial charge >= 0.3 is 0 Å². The van der Waals surface area contributed by atoms with Crippen LogP contribution in [0.15, 0.2) is 72.8 Å². The van der Waals surface area contributed by atoms with Crippen LogP contribution in [0.4, 0.5) is 11.4 Å². The maximum Gasteiger partial charge on any atom is 0.250 e. The summed E-state index contributed by atoms with van der Waals surface area (Å²) in [6.07, 6.45) is 0.496. The summed E-state index contributed by atoms with van der Waals surface area (Å²) in [6, 6.07) is 20.2. The molecular weight excluding hydrogens is 546 g/mol. The Balaban J connectivity index is 1.37. The van der Waals surface area contributed by atoms with Crippen LogP contribution in [0.1, 0.15) is 42.5 Å². The average Bonchev–Trinajstić information content (AvgIpc) is 3.65. The number of nitrogens with one attached hydrogen (secondary N) is 2. The van der Waals surface area contributed by atoms with Crippen LogP contribution < -0.4 is 15.4 Å². The molecule has 3 N–H and O–H groups in total. The quantitative estimate of drug-likeness (QED) is 0.344. The number of amides is 3. The molecule has 2 bridgehead atoms. The van der Waals surface area contributed by atoms with E-state index in [9.17, 15) is 19.5 Å². The van der Waals surface area contributed by atoms with E-state index in [0.29, 0.717) is 42.1 Å². The Bertz CT molecular complexity index is 1530. The molecule has 0 saturated carbocycles. The number of benzene rings is 3. The number of carbonyl (C=O) groups is 3. The van der Waals surface area contributed by atoms with Gasteiger partial charge in [-0.05, 0) is 80.6 Å². The molecule has 1 spiro atoms. The highest BCUT2D eigenvalue weighted by atomic mass is 16.5. The molecule has 2 unspecified atom stereocenters. The lowest BCUT2D eigenvalue weighted by Crippen LogP contribution is -2.54. The van der Waals surface area contributed by atoms with E-state index in [4.69, 9.17) is 9.47 Å². The number of aryl methyl sites for hydroxylation is 2. The van der Waals surface area contributed by atoms with Gasteiger partial charge in [-0.25, -0.2) is 0 Å². The van der Waals surface area contributed by atoms with Crippen molar-refractivity contribution < 1.29 is 29.0 Å². The number of hydrogen-bond acceptors (Lipinski definition) is 6. The fourth-order valence-corrected chi connectivity index (χ4v) is 7.15. The van der Waals surface area contributed by atoms with Gasteiger partial charge in [-0.15, -0.1) is 0 Å². The summed E-state index contributed by atoms with van der Waals surface area (Å²) in [5.41, 5.74) is 2.59. The zero-order valence-corrected chi connectivity index (χ0v) is 24.6. The van der Waals surface area contributed by atoms with E-state index in [-0.39, 0.29) is 11.8 Å². The monoisotopic (exact) mass is 583 g/mol. The zero-order chi connectivity index (χ0) is 30.3. The lowest BCUT2D eigenvalue weighted by Gasteiger charge is -2.37. The van der Waals surface area contributed by atoms with Gasteiger partial charge in [0, 0.05) is 11.4 Å². The van der Waals surface area contributed by atoms with Gasteiger partial charge in [0.05, 0.1) is 37.2 Å². The molecule has 6 atom stereocenters. The standard InChI is InChI=1S/C34H37N3O6/c1-4-42-24-14-12-23(13-15-24)35-31(39)28-27-16-17-34(43-27)29(28)33(41)37(26(19-38)22-8-6-5-7-9-22)30(34)32(40)36-25-18-20(2)10-11-21(25)3/h5-15,18,26-30,38H,4,16-17,19H2,1-3H3,(H,35,39)(H,36,40)/t26-,27-,28+,29+,30?,34?/m1/s1. The first kappa shape index (κ1) is 28.9. The van der Waals surface area contributed by atoms with Crippen LogP contribution in [-0.2, 0) is 19.1 Å². The van der Waals surface area contributed by atoms with Crippen LogP contribution in [0.25, 0.3) is 0 Å². The van der Waals surface area contributed by atoms with Crippen LogP contribution in [-0.4, -0.2) is 58.7 Å². The average molecular weight is 584 g/mol. The number of rotatable bonds is 9. The van der Waals surface area contributed by atoms with E-state index < -0.39 is 48.1 Å². The molecule has 3 aliphatic rings. The number of nitrogens with zero attached hydrogens (tertiary/aromatic N) is 1. The Morgan fingerprint density at radius 2 is 1.79 bits per heavy atom. The predicted molar refractivity (Wildman–Crippen MR) is 162 cm³/mol. The zero-order valence-electron chi connectivity index (χ0n) is 24.6. The highest BCUT2D eigenvalue weighted by molar-refractivity contribution is 6.05. The van der Waals surface area contributed by atoms with Crippen molar-refractivity contribution >= 4 is 29.1 Å². The maximum atomic E-state index is 14.5. The van der Waals surface area contributed by atoms with Crippen molar-refractivity contribution in [2.75, 3.05) is 23.8 Å². The minimum atomic E-state index is -1.20. The predicted octanol–water partition coefficient (Wildman–Crippen LogP) is 4.39. The van der Waals surface area contributed by atoms with Crippen molar-refractivity contribution in [2.24, 2.45) is 11.8 Å². The van der Waals surface area contributed by atoms with Gasteiger partial charge in [0.2, 0.25) is 17.7 Å². The molecule has 3 aliphatic heterocycles. The summed E-state index contributed by atoms with van der Waals surface area (Å²) in [7, 11) is 0. The lowest BCUT2D eigenvalue weighted by atomic mass is 9.70. The molecule has 3 saturated heterocycles. The number of likely N-dealkylation sites (tertiary alicyclic amines) is 1. The first-order valence-electron chi connectivity index (χ1n) is 14.8. The second kappa shape index (κ2) is 11.5. The molecule has 0 aliphatic carbocycles. The van der Waals surface area contributed by atoms with Crippen LogP contribution in [0.2, 0.25) is 0 Å². The van der Waals surface area contributed by atoms with Crippen molar-refractivity contribution in [2.45, 2.75) is 57.4 Å². The molecule has 43 heavy (non-hydrogen) atoms. The summed E-state index contributed by atoms with van der Waals surface area (Å²) in [5, 5.41) is 16.6. The van der Waals surface area contributed by atoms with Crippen molar-refractivity contribution in [1.82, 2.24) is 4.90 Å². The first-order chi connectivity index (χ1) is 20.8. The van der Waals surface area contributed by atoms with Crippen molar-refractivity contribution in [3.05, 3.63) is 89.5 Å². The van der Waals surface area contributed by atoms with Gasteiger partial charge in [0.15, 0.2) is 0 Å². The number of hydrogen-bond donors (Lipinski definition) is 3. The third-order valence-electron chi connectivity index (χ3n) is 9.07. The first-order valence-corrected chi connectivity index (χ1v) is 14.8. The van der Waals surface area contributed by atoms with Crippen LogP contribution in [0.5, 0.6) is 5.75 Å². The Morgan fingerprint density at radius 1 is 1.05 bits per heavy atom. The van der Waals surface area contributed by atoms with Crippen LogP contribution >= 0.6 is 0 Å². The van der Waals surface area contributed by atoms with Gasteiger partial charge in [-0.1, -0.05) is 42.5 Å². The molecule has 3 fully saturated rings. The molecule has 3 amide bonds. The molecule has 3 aromatic carbocycles. The Labute approximate surface area is 251 Å². The van der Waals surface area contributed by atoms with Crippen molar-refractivity contribution in [3.8, 4) is 5.75 Å². The van der Waals surface area contributed by atoms with Crippen molar-refractivity contribution in [1.29, 1.82) is 0 Å². The van der Waals surface area contributed by atoms with E-state index in [2.05, 4.69) is 10.6 Å². The van der Waals surface area contributed by atoms with E-state index >= 15 is 0 Å². The highest BCUT2D eigenvalue weighted by Crippen LogP contribution is 2.60. The molecule has 9 nitrogen and oxygen atoms in total. The van der Waals surface area contributed by atoms with Gasteiger partial charge in [-0.2, -0.15) is 0 Å². The fourth-order valence-electron chi connectivity index (χ4n) is 7.15. The van der Waals surface area contributed by atoms with E-state index in [1.165, 1.54) is 4.90 Å². The molecule has 6 rings (SSSR count). The summed E-state index contributed by atoms with van der Waals surface area (Å²) in [5.74, 6) is -2.06. The summed E-state index contributed by atoms with van der Waals surface area (Å²) in [6.45, 7) is 5.90. The van der Waals surface area contributed by atoms with Gasteiger partial charge in [0.1, 0.15) is 17.4 Å². The second-order valence-electron chi connectivity index (χ2n) is 11.7. The smallest absolute Gasteiger partial charge is 0.250 e. The van der Waals surface area contributed by atoms with Crippen molar-refractivity contribution in [3.63, 3.8) is 0 Å². The summed E-state index contributed by atoms with van der Waals surface area (Å²) in [4.78, 5) is 44.1. The number of aliphatic hydroxyl groups excluding tert-OH is 1. The minimum absolute atomic E-state index is 0.329. The molecule has 0 aromatic heterocycles. The maximum absolute atomic E-state index is 14.5. The SMILES string of the molecule is CCOc1ccc(NC(=O)[C@@H]2[C@H]3C(=O)N([C@H](CO)c4ccccc4)C(C(=O)Nc4cc(C)ccc4C)C34CC[C@H]2O4)cc1. The summed E-state index contributed by atoms with van der Waals surface area (Å²) >= 11 is 0. The Morgan fingerprint density at radius 3 is 2.49 bits per heavy atom. The third-order valence-corrected chi connectivity index (χ3v) is 9.07. The number of carbonyl (C=O) groups excluding carboxylic acids is 3. The number of anilines is 2. The van der Waals surface area contributed by atoms with Crippen LogP contribution in [0, 0.1) is 25.7 Å². The van der Waals surface area contributed by atoms with Gasteiger partial charge in [0.25, 0.3) is 0 Å². The van der Waals surface area contributed by atoms with Gasteiger partial charge in [-0.3, -0.25) is 14.4 Å². The molecule has 3 heterocycles. The van der Waals surface area contributed by atoms with E-state index in [0.717, 1.165) is 11.1 Å². The number of aliphatic hydroxyl groups is 1. The molecular formula is C34H37N3O6. The van der Waals surface area contributed by atoms with Crippen LogP contribution in [0.3, 0.4) is 0 Å². The lowest BCUT2D eigenvalue weighted by molar-refractivity contribution is -0.143. The minimum Gasteiger partial charge on any atom is -0.494 e. The third kappa shape index (κ3) is 4.96. The largest absolute Gasteiger partial charge is 0.494 e.